The van der Waals surface area contributed by atoms with Gasteiger partial charge in [0.1, 0.15) is 4.83 Å². The van der Waals surface area contributed by atoms with Gasteiger partial charge in [0.05, 0.1) is 23.3 Å². The number of thiophene rings is 1. The van der Waals surface area contributed by atoms with E-state index < -0.39 is 0 Å². The van der Waals surface area contributed by atoms with Gasteiger partial charge in [0.2, 0.25) is 5.91 Å². The lowest BCUT2D eigenvalue weighted by molar-refractivity contribution is -0.120. The standard InChI is InChI=1S/C24H33N3O3S2/c1-14-9-10-18-19(12-14)32-22-20(18)23(29)27(13-17-8-5-11-30-17)24(26-22)31-15(2)21(28)25-16-6-3-4-7-16/h14-17H,3-13H2,1-2H3,(H,25,28). The van der Waals surface area contributed by atoms with Gasteiger partial charge in [-0.1, -0.05) is 31.5 Å². The molecule has 3 aliphatic rings. The average molecular weight is 476 g/mol. The van der Waals surface area contributed by atoms with Crippen molar-refractivity contribution in [2.45, 2.75) is 101 Å². The highest BCUT2D eigenvalue weighted by atomic mass is 32.2. The zero-order chi connectivity index (χ0) is 22.2. The Bertz CT molecular complexity index is 1050. The molecule has 3 heterocycles. The maximum atomic E-state index is 13.7. The zero-order valence-corrected chi connectivity index (χ0v) is 20.7. The van der Waals surface area contributed by atoms with E-state index in [4.69, 9.17) is 9.72 Å². The topological polar surface area (TPSA) is 73.2 Å². The van der Waals surface area contributed by atoms with Gasteiger partial charge in [0, 0.05) is 17.5 Å². The zero-order valence-electron chi connectivity index (χ0n) is 19.0. The molecule has 0 spiro atoms. The molecule has 1 amide bonds. The molecule has 2 aromatic heterocycles. The van der Waals surface area contributed by atoms with Crippen LogP contribution in [0.25, 0.3) is 10.2 Å². The summed E-state index contributed by atoms with van der Waals surface area (Å²) in [4.78, 5) is 33.7. The van der Waals surface area contributed by atoms with Crippen LogP contribution in [-0.2, 0) is 28.9 Å². The van der Waals surface area contributed by atoms with Crippen LogP contribution in [0.4, 0.5) is 0 Å². The molecule has 3 atom stereocenters. The van der Waals surface area contributed by atoms with Gasteiger partial charge in [-0.2, -0.15) is 0 Å². The highest BCUT2D eigenvalue weighted by molar-refractivity contribution is 8.00. The summed E-state index contributed by atoms with van der Waals surface area (Å²) in [6, 6.07) is 0.293. The molecule has 6 nitrogen and oxygen atoms in total. The van der Waals surface area contributed by atoms with Crippen LogP contribution in [0.3, 0.4) is 0 Å². The molecule has 1 saturated carbocycles. The molecular formula is C24H33N3O3S2. The highest BCUT2D eigenvalue weighted by Gasteiger charge is 2.28. The SMILES string of the molecule is CC1CCc2c(sc3nc(SC(C)C(=O)NC4CCCC4)n(CC4CCCO4)c(=O)c23)C1. The number of carbonyl (C=O) groups is 1. The van der Waals surface area contributed by atoms with Gasteiger partial charge in [-0.05, 0) is 63.4 Å². The summed E-state index contributed by atoms with van der Waals surface area (Å²) in [5.74, 6) is 0.692. The minimum absolute atomic E-state index is 0.0409. The largest absolute Gasteiger partial charge is 0.376 e. The van der Waals surface area contributed by atoms with Gasteiger partial charge < -0.3 is 10.1 Å². The maximum Gasteiger partial charge on any atom is 0.263 e. The molecule has 1 saturated heterocycles. The van der Waals surface area contributed by atoms with Crippen LogP contribution in [0.2, 0.25) is 0 Å². The number of hydrogen-bond acceptors (Lipinski definition) is 6. The summed E-state index contributed by atoms with van der Waals surface area (Å²) in [5.41, 5.74) is 1.26. The molecule has 1 N–H and O–H groups in total. The second-order valence-corrected chi connectivity index (χ2v) is 12.1. The van der Waals surface area contributed by atoms with Crippen LogP contribution in [0.5, 0.6) is 0 Å². The van der Waals surface area contributed by atoms with Crippen molar-refractivity contribution in [2.75, 3.05) is 6.61 Å². The fourth-order valence-corrected chi connectivity index (χ4v) is 7.60. The Morgan fingerprint density at radius 2 is 2.09 bits per heavy atom. The van der Waals surface area contributed by atoms with E-state index in [9.17, 15) is 9.59 Å². The van der Waals surface area contributed by atoms with Crippen LogP contribution >= 0.6 is 23.1 Å². The molecule has 32 heavy (non-hydrogen) atoms. The van der Waals surface area contributed by atoms with E-state index in [1.165, 1.54) is 35.0 Å². The average Bonchev–Trinajstić information content (AvgIpc) is 3.51. The molecule has 3 unspecified atom stereocenters. The lowest BCUT2D eigenvalue weighted by Gasteiger charge is -2.20. The second kappa shape index (κ2) is 9.47. The number of nitrogens with zero attached hydrogens (tertiary/aromatic N) is 2. The predicted octanol–water partition coefficient (Wildman–Crippen LogP) is 4.30. The first-order valence-corrected chi connectivity index (χ1v) is 13.8. The molecule has 5 rings (SSSR count). The van der Waals surface area contributed by atoms with E-state index in [0.29, 0.717) is 23.7 Å². The monoisotopic (exact) mass is 475 g/mol. The summed E-state index contributed by atoms with van der Waals surface area (Å²) in [6.45, 7) is 5.47. The smallest absolute Gasteiger partial charge is 0.263 e. The molecule has 2 aromatic rings. The number of amides is 1. The highest BCUT2D eigenvalue weighted by Crippen LogP contribution is 2.37. The van der Waals surface area contributed by atoms with E-state index in [-0.39, 0.29) is 22.8 Å². The number of aromatic nitrogens is 2. The van der Waals surface area contributed by atoms with Crippen molar-refractivity contribution in [1.29, 1.82) is 0 Å². The van der Waals surface area contributed by atoms with E-state index in [2.05, 4.69) is 12.2 Å². The molecule has 0 aromatic carbocycles. The summed E-state index contributed by atoms with van der Waals surface area (Å²) >= 11 is 3.09. The van der Waals surface area contributed by atoms with Crippen molar-refractivity contribution in [3.05, 3.63) is 20.8 Å². The van der Waals surface area contributed by atoms with Gasteiger partial charge in [0.25, 0.3) is 5.56 Å². The van der Waals surface area contributed by atoms with Gasteiger partial charge >= 0.3 is 0 Å². The molecule has 1 aliphatic heterocycles. The van der Waals surface area contributed by atoms with Crippen molar-refractivity contribution in [2.24, 2.45) is 5.92 Å². The third-order valence-corrected chi connectivity index (χ3v) is 9.38. The number of fused-ring (bicyclic) bond motifs is 3. The Kier molecular flexibility index (Phi) is 6.63. The fourth-order valence-electron chi connectivity index (χ4n) is 5.25. The molecule has 0 radical (unpaired) electrons. The van der Waals surface area contributed by atoms with Crippen LogP contribution in [0, 0.1) is 5.92 Å². The third kappa shape index (κ3) is 4.50. The van der Waals surface area contributed by atoms with Gasteiger partial charge in [-0.3, -0.25) is 14.2 Å². The Labute approximate surface area is 197 Å². The second-order valence-electron chi connectivity index (χ2n) is 9.73. The molecule has 0 bridgehead atoms. The number of ether oxygens (including phenoxy) is 1. The number of nitrogens with one attached hydrogen (secondary N) is 1. The summed E-state index contributed by atoms with van der Waals surface area (Å²) in [5, 5.41) is 4.35. The van der Waals surface area contributed by atoms with Crippen LogP contribution in [0.1, 0.15) is 69.2 Å². The normalized spacial score (nSPS) is 24.7. The summed E-state index contributed by atoms with van der Waals surface area (Å²) in [7, 11) is 0. The number of hydrogen-bond donors (Lipinski definition) is 1. The van der Waals surface area contributed by atoms with Crippen molar-refractivity contribution in [1.82, 2.24) is 14.9 Å². The lowest BCUT2D eigenvalue weighted by Crippen LogP contribution is -2.38. The van der Waals surface area contributed by atoms with Crippen molar-refractivity contribution >= 4 is 39.2 Å². The van der Waals surface area contributed by atoms with Crippen molar-refractivity contribution in [3.63, 3.8) is 0 Å². The minimum Gasteiger partial charge on any atom is -0.376 e. The van der Waals surface area contributed by atoms with Crippen molar-refractivity contribution in [3.8, 4) is 0 Å². The third-order valence-electron chi connectivity index (χ3n) is 7.14. The Morgan fingerprint density at radius 1 is 1.28 bits per heavy atom. The van der Waals surface area contributed by atoms with E-state index in [0.717, 1.165) is 61.8 Å². The minimum atomic E-state index is -0.301. The maximum absolute atomic E-state index is 13.7. The molecular weight excluding hydrogens is 442 g/mol. The molecule has 174 valence electrons. The first kappa shape index (κ1) is 22.4. The van der Waals surface area contributed by atoms with E-state index in [1.54, 1.807) is 15.9 Å². The first-order chi connectivity index (χ1) is 15.5. The molecule has 8 heteroatoms. The lowest BCUT2D eigenvalue weighted by atomic mass is 9.89. The summed E-state index contributed by atoms with van der Waals surface area (Å²) in [6.07, 6.45) is 9.66. The molecule has 2 aliphatic carbocycles. The van der Waals surface area contributed by atoms with Crippen LogP contribution in [0.15, 0.2) is 9.95 Å². The van der Waals surface area contributed by atoms with Crippen molar-refractivity contribution < 1.29 is 9.53 Å². The van der Waals surface area contributed by atoms with Gasteiger partial charge in [-0.25, -0.2) is 4.98 Å². The molecule has 2 fully saturated rings. The number of rotatable bonds is 6. The Hall–Kier alpha value is -1.38. The quantitative estimate of drug-likeness (QED) is 0.498. The van der Waals surface area contributed by atoms with E-state index in [1.807, 2.05) is 6.92 Å². The van der Waals surface area contributed by atoms with E-state index >= 15 is 0 Å². The Balaban J connectivity index is 1.48. The summed E-state index contributed by atoms with van der Waals surface area (Å²) < 4.78 is 7.65. The van der Waals surface area contributed by atoms with Crippen LogP contribution in [-0.4, -0.2) is 39.5 Å². The first-order valence-electron chi connectivity index (χ1n) is 12.1. The van der Waals surface area contributed by atoms with Gasteiger partial charge in [0.15, 0.2) is 5.16 Å². The Morgan fingerprint density at radius 3 is 2.84 bits per heavy atom. The number of aryl methyl sites for hydroxylation is 1. The van der Waals surface area contributed by atoms with Crippen LogP contribution < -0.4 is 10.9 Å². The number of thioether (sulfide) groups is 1. The number of carbonyl (C=O) groups excluding carboxylic acids is 1. The van der Waals surface area contributed by atoms with Gasteiger partial charge in [-0.15, -0.1) is 11.3 Å². The fraction of sp³-hybridized carbons (Fsp3) is 0.708. The predicted molar refractivity (Wildman–Crippen MR) is 130 cm³/mol.